The van der Waals surface area contributed by atoms with Crippen LogP contribution in [-0.4, -0.2) is 30.1 Å². The molecular formula is C24H22ClNO4. The zero-order valence-corrected chi connectivity index (χ0v) is 17.2. The highest BCUT2D eigenvalue weighted by atomic mass is 35.5. The van der Waals surface area contributed by atoms with E-state index in [0.29, 0.717) is 5.02 Å². The number of carbonyl (C=O) groups excluding carboxylic acids is 1. The Morgan fingerprint density at radius 2 is 1.60 bits per heavy atom. The van der Waals surface area contributed by atoms with Crippen LogP contribution in [0.2, 0.25) is 5.02 Å². The number of benzene rings is 3. The predicted octanol–water partition coefficient (Wildman–Crippen LogP) is 4.37. The van der Waals surface area contributed by atoms with Gasteiger partial charge in [-0.2, -0.15) is 0 Å². The van der Waals surface area contributed by atoms with Crippen LogP contribution >= 0.6 is 11.6 Å². The Morgan fingerprint density at radius 3 is 2.23 bits per heavy atom. The zero-order chi connectivity index (χ0) is 21.5. The van der Waals surface area contributed by atoms with Crippen molar-refractivity contribution in [2.45, 2.75) is 18.9 Å². The average Bonchev–Trinajstić information content (AvgIpc) is 2.75. The SMILES string of the molecule is COc1ccccc1-c1ccc(C[C@H](NC(=O)Cc2ccc(Cl)cc2)C(=O)O)cc1. The van der Waals surface area contributed by atoms with Crippen molar-refractivity contribution in [3.63, 3.8) is 0 Å². The van der Waals surface area contributed by atoms with Gasteiger partial charge in [0, 0.05) is 17.0 Å². The number of hydrogen-bond acceptors (Lipinski definition) is 3. The van der Waals surface area contributed by atoms with Crippen LogP contribution < -0.4 is 10.1 Å². The number of hydrogen-bond donors (Lipinski definition) is 2. The molecule has 0 radical (unpaired) electrons. The molecule has 30 heavy (non-hydrogen) atoms. The third-order valence-electron chi connectivity index (χ3n) is 4.72. The molecule has 5 nitrogen and oxygen atoms in total. The third-order valence-corrected chi connectivity index (χ3v) is 4.97. The highest BCUT2D eigenvalue weighted by Crippen LogP contribution is 2.29. The summed E-state index contributed by atoms with van der Waals surface area (Å²) in [5, 5.41) is 12.7. The van der Waals surface area contributed by atoms with Crippen LogP contribution in [0.1, 0.15) is 11.1 Å². The van der Waals surface area contributed by atoms with E-state index in [1.165, 1.54) is 0 Å². The minimum Gasteiger partial charge on any atom is -0.496 e. The van der Waals surface area contributed by atoms with Gasteiger partial charge >= 0.3 is 5.97 Å². The van der Waals surface area contributed by atoms with Crippen LogP contribution in [0.15, 0.2) is 72.8 Å². The van der Waals surface area contributed by atoms with E-state index in [2.05, 4.69) is 5.32 Å². The Bertz CT molecular complexity index is 1020. The van der Waals surface area contributed by atoms with E-state index in [0.717, 1.165) is 28.0 Å². The second kappa shape index (κ2) is 9.94. The van der Waals surface area contributed by atoms with Crippen molar-refractivity contribution < 1.29 is 19.4 Å². The number of amides is 1. The molecule has 0 saturated carbocycles. The van der Waals surface area contributed by atoms with Crippen molar-refractivity contribution >= 4 is 23.5 Å². The van der Waals surface area contributed by atoms with Crippen molar-refractivity contribution in [2.75, 3.05) is 7.11 Å². The quantitative estimate of drug-likeness (QED) is 0.564. The number of carboxylic acid groups (broad SMARTS) is 1. The highest BCUT2D eigenvalue weighted by Gasteiger charge is 2.20. The fourth-order valence-electron chi connectivity index (χ4n) is 3.17. The van der Waals surface area contributed by atoms with Gasteiger partial charge in [-0.1, -0.05) is 66.2 Å². The van der Waals surface area contributed by atoms with Crippen LogP contribution in [-0.2, 0) is 22.4 Å². The number of halogens is 1. The summed E-state index contributed by atoms with van der Waals surface area (Å²) in [7, 11) is 1.62. The van der Waals surface area contributed by atoms with Crippen LogP contribution in [0.25, 0.3) is 11.1 Å². The fraction of sp³-hybridized carbons (Fsp3) is 0.167. The molecule has 0 unspecified atom stereocenters. The second-order valence-corrected chi connectivity index (χ2v) is 7.30. The van der Waals surface area contributed by atoms with Crippen molar-refractivity contribution in [1.82, 2.24) is 5.32 Å². The summed E-state index contributed by atoms with van der Waals surface area (Å²) < 4.78 is 5.39. The van der Waals surface area contributed by atoms with Gasteiger partial charge in [0.1, 0.15) is 11.8 Å². The van der Waals surface area contributed by atoms with Crippen molar-refractivity contribution in [2.24, 2.45) is 0 Å². The standard InChI is InChI=1S/C24H22ClNO4/c1-30-22-5-3-2-4-20(22)18-10-6-16(7-11-18)14-21(24(28)29)26-23(27)15-17-8-12-19(25)13-9-17/h2-13,21H,14-15H2,1H3,(H,26,27)(H,28,29)/t21-/m0/s1. The number of carbonyl (C=O) groups is 2. The van der Waals surface area contributed by atoms with Crippen LogP contribution in [0, 0.1) is 0 Å². The molecule has 3 aromatic carbocycles. The molecule has 0 aliphatic carbocycles. The van der Waals surface area contributed by atoms with Gasteiger partial charge in [0.05, 0.1) is 13.5 Å². The number of ether oxygens (including phenoxy) is 1. The fourth-order valence-corrected chi connectivity index (χ4v) is 3.30. The number of nitrogens with one attached hydrogen (secondary N) is 1. The van der Waals surface area contributed by atoms with Crippen LogP contribution in [0.5, 0.6) is 5.75 Å². The molecule has 154 valence electrons. The molecule has 3 aromatic rings. The summed E-state index contributed by atoms with van der Waals surface area (Å²) >= 11 is 5.85. The number of carboxylic acids is 1. The Hall–Kier alpha value is -3.31. The molecule has 0 bridgehead atoms. The van der Waals surface area contributed by atoms with E-state index < -0.39 is 12.0 Å². The summed E-state index contributed by atoms with van der Waals surface area (Å²) in [5.74, 6) is -0.660. The van der Waals surface area contributed by atoms with Gasteiger partial charge in [0.25, 0.3) is 0 Å². The van der Waals surface area contributed by atoms with Crippen molar-refractivity contribution in [3.05, 3.63) is 88.9 Å². The van der Waals surface area contributed by atoms with Gasteiger partial charge < -0.3 is 15.2 Å². The summed E-state index contributed by atoms with van der Waals surface area (Å²) in [4.78, 5) is 24.0. The molecule has 3 rings (SSSR count). The molecule has 0 spiro atoms. The topological polar surface area (TPSA) is 75.6 Å². The second-order valence-electron chi connectivity index (χ2n) is 6.86. The van der Waals surface area contributed by atoms with E-state index in [4.69, 9.17) is 16.3 Å². The molecule has 1 amide bonds. The van der Waals surface area contributed by atoms with E-state index in [1.807, 2.05) is 48.5 Å². The molecule has 6 heteroatoms. The summed E-state index contributed by atoms with van der Waals surface area (Å²) in [6.07, 6.45) is 0.279. The molecule has 0 aliphatic heterocycles. The molecule has 1 atom stereocenters. The molecule has 0 fully saturated rings. The van der Waals surface area contributed by atoms with E-state index in [1.54, 1.807) is 31.4 Å². The first-order valence-electron chi connectivity index (χ1n) is 9.45. The number of aliphatic carboxylic acids is 1. The van der Waals surface area contributed by atoms with Gasteiger partial charge in [0.15, 0.2) is 0 Å². The van der Waals surface area contributed by atoms with Gasteiger partial charge in [-0.05, 0) is 34.9 Å². The Kier molecular flexibility index (Phi) is 7.09. The normalized spacial score (nSPS) is 11.5. The van der Waals surface area contributed by atoms with E-state index >= 15 is 0 Å². The highest BCUT2D eigenvalue weighted by molar-refractivity contribution is 6.30. The summed E-state index contributed by atoms with van der Waals surface area (Å²) in [6, 6.07) is 21.1. The molecule has 2 N–H and O–H groups in total. The van der Waals surface area contributed by atoms with Crippen molar-refractivity contribution in [3.8, 4) is 16.9 Å². The molecule has 0 aliphatic rings. The van der Waals surface area contributed by atoms with Gasteiger partial charge in [-0.25, -0.2) is 4.79 Å². The monoisotopic (exact) mass is 423 g/mol. The van der Waals surface area contributed by atoms with Gasteiger partial charge in [-0.3, -0.25) is 4.79 Å². The first kappa shape index (κ1) is 21.4. The molecule has 0 aromatic heterocycles. The number of para-hydroxylation sites is 1. The molecular weight excluding hydrogens is 402 g/mol. The Balaban J connectivity index is 1.67. The van der Waals surface area contributed by atoms with Gasteiger partial charge in [-0.15, -0.1) is 0 Å². The zero-order valence-electron chi connectivity index (χ0n) is 16.5. The maximum atomic E-state index is 12.3. The Labute approximate surface area is 180 Å². The van der Waals surface area contributed by atoms with Crippen LogP contribution in [0.3, 0.4) is 0 Å². The minimum absolute atomic E-state index is 0.0910. The largest absolute Gasteiger partial charge is 0.496 e. The lowest BCUT2D eigenvalue weighted by atomic mass is 10.00. The lowest BCUT2D eigenvalue weighted by molar-refractivity contribution is -0.141. The van der Waals surface area contributed by atoms with Gasteiger partial charge in [0.2, 0.25) is 5.91 Å². The average molecular weight is 424 g/mol. The molecule has 0 saturated heterocycles. The van der Waals surface area contributed by atoms with E-state index in [9.17, 15) is 14.7 Å². The maximum absolute atomic E-state index is 12.3. The summed E-state index contributed by atoms with van der Waals surface area (Å²) in [5.41, 5.74) is 3.50. The van der Waals surface area contributed by atoms with Crippen molar-refractivity contribution in [1.29, 1.82) is 0 Å². The lowest BCUT2D eigenvalue weighted by Crippen LogP contribution is -2.43. The lowest BCUT2D eigenvalue weighted by Gasteiger charge is -2.15. The minimum atomic E-state index is -1.08. The first-order chi connectivity index (χ1) is 14.5. The smallest absolute Gasteiger partial charge is 0.326 e. The summed E-state index contributed by atoms with van der Waals surface area (Å²) in [6.45, 7) is 0. The predicted molar refractivity (Wildman–Crippen MR) is 117 cm³/mol. The number of rotatable bonds is 8. The maximum Gasteiger partial charge on any atom is 0.326 e. The first-order valence-corrected chi connectivity index (χ1v) is 9.83. The molecule has 0 heterocycles. The van der Waals surface area contributed by atoms with Crippen LogP contribution in [0.4, 0.5) is 0 Å². The Morgan fingerprint density at radius 1 is 0.967 bits per heavy atom. The third kappa shape index (κ3) is 5.61. The van der Waals surface area contributed by atoms with E-state index in [-0.39, 0.29) is 18.7 Å². The number of methoxy groups -OCH3 is 1.